The summed E-state index contributed by atoms with van der Waals surface area (Å²) in [6, 6.07) is 5.65. The SMILES string of the molecule is CCOc1ccc(S(=O)(=O)NCC(O)C(=O)O)cc1. The third-order valence-corrected chi connectivity index (χ3v) is 3.64. The van der Waals surface area contributed by atoms with Crippen molar-refractivity contribution in [2.75, 3.05) is 13.2 Å². The second-order valence-corrected chi connectivity index (χ2v) is 5.38. The van der Waals surface area contributed by atoms with E-state index in [1.54, 1.807) is 6.92 Å². The van der Waals surface area contributed by atoms with Gasteiger partial charge in [0.15, 0.2) is 6.10 Å². The molecule has 0 aromatic heterocycles. The zero-order valence-corrected chi connectivity index (χ0v) is 11.1. The summed E-state index contributed by atoms with van der Waals surface area (Å²) >= 11 is 0. The lowest BCUT2D eigenvalue weighted by atomic mass is 10.3. The number of aliphatic hydroxyl groups is 1. The number of aliphatic carboxylic acids is 1. The number of carbonyl (C=O) groups is 1. The topological polar surface area (TPSA) is 113 Å². The first kappa shape index (κ1) is 15.4. The first-order chi connectivity index (χ1) is 8.86. The van der Waals surface area contributed by atoms with Gasteiger partial charge < -0.3 is 14.9 Å². The van der Waals surface area contributed by atoms with Gasteiger partial charge in [-0.25, -0.2) is 17.9 Å². The van der Waals surface area contributed by atoms with Crippen molar-refractivity contribution in [1.29, 1.82) is 0 Å². The molecule has 0 aliphatic rings. The molecule has 0 amide bonds. The van der Waals surface area contributed by atoms with Crippen molar-refractivity contribution in [3.8, 4) is 5.75 Å². The highest BCUT2D eigenvalue weighted by Crippen LogP contribution is 2.15. The van der Waals surface area contributed by atoms with E-state index >= 15 is 0 Å². The van der Waals surface area contributed by atoms with E-state index in [9.17, 15) is 13.2 Å². The van der Waals surface area contributed by atoms with Gasteiger partial charge in [-0.1, -0.05) is 0 Å². The molecule has 7 nitrogen and oxygen atoms in total. The number of hydrogen-bond acceptors (Lipinski definition) is 5. The number of sulfonamides is 1. The minimum Gasteiger partial charge on any atom is -0.494 e. The van der Waals surface area contributed by atoms with Gasteiger partial charge in [-0.15, -0.1) is 0 Å². The van der Waals surface area contributed by atoms with E-state index in [-0.39, 0.29) is 4.90 Å². The molecule has 0 fully saturated rings. The van der Waals surface area contributed by atoms with Crippen LogP contribution in [0.2, 0.25) is 0 Å². The van der Waals surface area contributed by atoms with Gasteiger partial charge >= 0.3 is 5.97 Å². The van der Waals surface area contributed by atoms with E-state index in [1.807, 2.05) is 4.72 Å². The second kappa shape index (κ2) is 6.50. The van der Waals surface area contributed by atoms with Gasteiger partial charge in [-0.05, 0) is 31.2 Å². The van der Waals surface area contributed by atoms with Crippen molar-refractivity contribution >= 4 is 16.0 Å². The van der Waals surface area contributed by atoms with Gasteiger partial charge in [0.1, 0.15) is 5.75 Å². The van der Waals surface area contributed by atoms with Crippen molar-refractivity contribution in [2.45, 2.75) is 17.9 Å². The smallest absolute Gasteiger partial charge is 0.333 e. The van der Waals surface area contributed by atoms with Crippen molar-refractivity contribution in [2.24, 2.45) is 0 Å². The quantitative estimate of drug-likeness (QED) is 0.641. The van der Waals surface area contributed by atoms with Gasteiger partial charge in [-0.3, -0.25) is 0 Å². The van der Waals surface area contributed by atoms with Crippen LogP contribution in [-0.4, -0.2) is 43.9 Å². The van der Waals surface area contributed by atoms with Crippen LogP contribution >= 0.6 is 0 Å². The van der Waals surface area contributed by atoms with Crippen molar-refractivity contribution < 1.29 is 28.2 Å². The first-order valence-corrected chi connectivity index (χ1v) is 6.98. The van der Waals surface area contributed by atoms with E-state index in [2.05, 4.69) is 0 Å². The standard InChI is InChI=1S/C11H15NO6S/c1-2-18-8-3-5-9(6-4-8)19(16,17)12-7-10(13)11(14)15/h3-6,10,12-13H,2,7H2,1H3,(H,14,15). The number of rotatable bonds is 7. The molecular formula is C11H15NO6S. The van der Waals surface area contributed by atoms with Crippen LogP contribution in [0.15, 0.2) is 29.2 Å². The molecule has 0 aliphatic heterocycles. The van der Waals surface area contributed by atoms with Crippen LogP contribution in [0.25, 0.3) is 0 Å². The summed E-state index contributed by atoms with van der Waals surface area (Å²) in [5.74, 6) is -0.957. The summed E-state index contributed by atoms with van der Waals surface area (Å²) in [4.78, 5) is 10.3. The molecule has 8 heteroatoms. The number of carboxylic acid groups (broad SMARTS) is 1. The summed E-state index contributed by atoms with van der Waals surface area (Å²) < 4.78 is 30.7. The summed E-state index contributed by atoms with van der Waals surface area (Å²) in [5.41, 5.74) is 0. The Bertz CT molecular complexity index is 525. The van der Waals surface area contributed by atoms with Crippen LogP contribution in [-0.2, 0) is 14.8 Å². The lowest BCUT2D eigenvalue weighted by Crippen LogP contribution is -2.36. The van der Waals surface area contributed by atoms with Crippen molar-refractivity contribution in [3.05, 3.63) is 24.3 Å². The van der Waals surface area contributed by atoms with Gasteiger partial charge in [0.25, 0.3) is 0 Å². The molecule has 0 saturated carbocycles. The molecule has 0 heterocycles. The third-order valence-electron chi connectivity index (χ3n) is 2.20. The minimum atomic E-state index is -3.85. The Morgan fingerprint density at radius 3 is 2.42 bits per heavy atom. The zero-order valence-electron chi connectivity index (χ0n) is 10.2. The van der Waals surface area contributed by atoms with E-state index in [0.29, 0.717) is 12.4 Å². The van der Waals surface area contributed by atoms with Crippen LogP contribution in [0.4, 0.5) is 0 Å². The monoisotopic (exact) mass is 289 g/mol. The largest absolute Gasteiger partial charge is 0.494 e. The number of benzene rings is 1. The molecule has 19 heavy (non-hydrogen) atoms. The lowest BCUT2D eigenvalue weighted by Gasteiger charge is -2.09. The number of nitrogens with one attached hydrogen (secondary N) is 1. The maximum Gasteiger partial charge on any atom is 0.333 e. The Hall–Kier alpha value is -1.64. The summed E-state index contributed by atoms with van der Waals surface area (Å²) in [7, 11) is -3.85. The Kier molecular flexibility index (Phi) is 5.28. The second-order valence-electron chi connectivity index (χ2n) is 3.61. The fourth-order valence-electron chi connectivity index (χ4n) is 1.24. The molecule has 3 N–H and O–H groups in total. The number of hydrogen-bond donors (Lipinski definition) is 3. The van der Waals surface area contributed by atoms with E-state index in [0.717, 1.165) is 0 Å². The Labute approximate surface area is 110 Å². The lowest BCUT2D eigenvalue weighted by molar-refractivity contribution is -0.146. The highest BCUT2D eigenvalue weighted by atomic mass is 32.2. The average molecular weight is 289 g/mol. The van der Waals surface area contributed by atoms with E-state index in [4.69, 9.17) is 14.9 Å². The maximum atomic E-state index is 11.8. The fourth-order valence-corrected chi connectivity index (χ4v) is 2.28. The molecule has 106 valence electrons. The molecule has 1 aromatic rings. The Balaban J connectivity index is 2.74. The molecule has 0 spiro atoms. The van der Waals surface area contributed by atoms with E-state index < -0.39 is 28.6 Å². The molecule has 1 aromatic carbocycles. The van der Waals surface area contributed by atoms with Crippen molar-refractivity contribution in [1.82, 2.24) is 4.72 Å². The van der Waals surface area contributed by atoms with Crippen molar-refractivity contribution in [3.63, 3.8) is 0 Å². The highest BCUT2D eigenvalue weighted by molar-refractivity contribution is 7.89. The molecule has 0 aliphatic carbocycles. The van der Waals surface area contributed by atoms with Crippen LogP contribution in [0.1, 0.15) is 6.92 Å². The normalized spacial score (nSPS) is 12.9. The molecule has 1 atom stereocenters. The molecule has 0 bridgehead atoms. The average Bonchev–Trinajstić information content (AvgIpc) is 2.37. The fraction of sp³-hybridized carbons (Fsp3) is 0.364. The molecule has 0 radical (unpaired) electrons. The van der Waals surface area contributed by atoms with Crippen LogP contribution in [0.5, 0.6) is 5.75 Å². The van der Waals surface area contributed by atoms with Gasteiger partial charge in [-0.2, -0.15) is 0 Å². The van der Waals surface area contributed by atoms with Crippen LogP contribution in [0.3, 0.4) is 0 Å². The predicted molar refractivity (Wildman–Crippen MR) is 66.4 cm³/mol. The summed E-state index contributed by atoms with van der Waals surface area (Å²) in [5, 5.41) is 17.4. The molecule has 1 unspecified atom stereocenters. The molecule has 1 rings (SSSR count). The Morgan fingerprint density at radius 1 is 1.37 bits per heavy atom. The van der Waals surface area contributed by atoms with Crippen LogP contribution < -0.4 is 9.46 Å². The predicted octanol–water partition coefficient (Wildman–Crippen LogP) is -0.191. The van der Waals surface area contributed by atoms with Gasteiger partial charge in [0.05, 0.1) is 11.5 Å². The molecular weight excluding hydrogens is 274 g/mol. The minimum absolute atomic E-state index is 0.0338. The number of aliphatic hydroxyl groups excluding tert-OH is 1. The van der Waals surface area contributed by atoms with Gasteiger partial charge in [0, 0.05) is 6.54 Å². The summed E-state index contributed by atoms with van der Waals surface area (Å²) in [6.07, 6.45) is -1.78. The maximum absolute atomic E-state index is 11.8. The Morgan fingerprint density at radius 2 is 1.95 bits per heavy atom. The summed E-state index contributed by atoms with van der Waals surface area (Å²) in [6.45, 7) is 1.68. The molecule has 0 saturated heterocycles. The first-order valence-electron chi connectivity index (χ1n) is 5.50. The third kappa shape index (κ3) is 4.51. The van der Waals surface area contributed by atoms with Crippen LogP contribution in [0, 0.1) is 0 Å². The number of ether oxygens (including phenoxy) is 1. The highest BCUT2D eigenvalue weighted by Gasteiger charge is 2.19. The zero-order chi connectivity index (χ0) is 14.5. The van der Waals surface area contributed by atoms with Gasteiger partial charge in [0.2, 0.25) is 10.0 Å². The number of carboxylic acids is 1. The van der Waals surface area contributed by atoms with E-state index in [1.165, 1.54) is 24.3 Å².